The lowest BCUT2D eigenvalue weighted by Crippen LogP contribution is -2.43. The number of hydrogen-bond acceptors (Lipinski definition) is 3. The van der Waals surface area contributed by atoms with E-state index in [9.17, 15) is 8.42 Å². The van der Waals surface area contributed by atoms with Gasteiger partial charge >= 0.3 is 0 Å². The van der Waals surface area contributed by atoms with Gasteiger partial charge in [0.15, 0.2) is 9.84 Å². The zero-order valence-electron chi connectivity index (χ0n) is 9.93. The maximum atomic E-state index is 11.8. The molecule has 0 amide bonds. The Morgan fingerprint density at radius 3 is 2.53 bits per heavy atom. The van der Waals surface area contributed by atoms with Crippen LogP contribution in [0.3, 0.4) is 0 Å². The predicted octanol–water partition coefficient (Wildman–Crippen LogP) is 1.38. The van der Waals surface area contributed by atoms with Gasteiger partial charge in [-0.25, -0.2) is 8.42 Å². The molecule has 4 heteroatoms. The molecule has 0 spiro atoms. The van der Waals surface area contributed by atoms with Crippen molar-refractivity contribution in [1.82, 2.24) is 0 Å². The van der Waals surface area contributed by atoms with Crippen molar-refractivity contribution in [3.8, 4) is 0 Å². The molecule has 1 aromatic rings. The van der Waals surface area contributed by atoms with Gasteiger partial charge in [-0.3, -0.25) is 0 Å². The van der Waals surface area contributed by atoms with Crippen LogP contribution in [0.1, 0.15) is 18.4 Å². The van der Waals surface area contributed by atoms with Gasteiger partial charge in [0.2, 0.25) is 0 Å². The summed E-state index contributed by atoms with van der Waals surface area (Å²) in [5, 5.41) is 0. The lowest BCUT2D eigenvalue weighted by atomic mass is 9.79. The lowest BCUT2D eigenvalue weighted by Gasteiger charge is -2.36. The Labute approximate surface area is 103 Å². The monoisotopic (exact) mass is 253 g/mol. The summed E-state index contributed by atoms with van der Waals surface area (Å²) in [4.78, 5) is 0. The first-order valence-electron chi connectivity index (χ1n) is 6.00. The summed E-state index contributed by atoms with van der Waals surface area (Å²) < 4.78 is 23.5. The number of hydrogen-bond donors (Lipinski definition) is 1. The van der Waals surface area contributed by atoms with Crippen LogP contribution in [0.2, 0.25) is 0 Å². The fraction of sp³-hybridized carbons (Fsp3) is 0.538. The van der Waals surface area contributed by atoms with Gasteiger partial charge in [-0.1, -0.05) is 30.3 Å². The van der Waals surface area contributed by atoms with Crippen LogP contribution >= 0.6 is 0 Å². The van der Waals surface area contributed by atoms with E-state index in [0.717, 1.165) is 19.3 Å². The van der Waals surface area contributed by atoms with Crippen molar-refractivity contribution in [3.63, 3.8) is 0 Å². The standard InChI is InChI=1S/C13H19NO2S/c14-10-13(7-4-8-17(15,16)11-13)9-12-5-2-1-3-6-12/h1-3,5-6H,4,7-11,14H2. The van der Waals surface area contributed by atoms with Crippen LogP contribution in [0.4, 0.5) is 0 Å². The van der Waals surface area contributed by atoms with Crippen molar-refractivity contribution in [2.24, 2.45) is 11.1 Å². The molecule has 0 aromatic heterocycles. The smallest absolute Gasteiger partial charge is 0.150 e. The van der Waals surface area contributed by atoms with Crippen LogP contribution in [0, 0.1) is 5.41 Å². The van der Waals surface area contributed by atoms with Crippen molar-refractivity contribution in [2.75, 3.05) is 18.1 Å². The van der Waals surface area contributed by atoms with Gasteiger partial charge in [-0.2, -0.15) is 0 Å². The Hall–Kier alpha value is -0.870. The van der Waals surface area contributed by atoms with Gasteiger partial charge < -0.3 is 5.73 Å². The molecule has 1 fully saturated rings. The number of rotatable bonds is 3. The summed E-state index contributed by atoms with van der Waals surface area (Å²) in [6.45, 7) is 0.446. The lowest BCUT2D eigenvalue weighted by molar-refractivity contribution is 0.294. The molecule has 3 nitrogen and oxygen atoms in total. The summed E-state index contributed by atoms with van der Waals surface area (Å²) in [6.07, 6.45) is 2.42. The number of sulfone groups is 1. The average Bonchev–Trinajstić information content (AvgIpc) is 2.29. The fourth-order valence-electron chi connectivity index (χ4n) is 2.68. The van der Waals surface area contributed by atoms with E-state index in [1.54, 1.807) is 0 Å². The van der Waals surface area contributed by atoms with Gasteiger partial charge in [0.05, 0.1) is 11.5 Å². The van der Waals surface area contributed by atoms with Crippen molar-refractivity contribution in [1.29, 1.82) is 0 Å². The molecule has 1 aromatic carbocycles. The highest BCUT2D eigenvalue weighted by Crippen LogP contribution is 2.33. The fourth-order valence-corrected chi connectivity index (χ4v) is 4.71. The zero-order valence-corrected chi connectivity index (χ0v) is 10.7. The number of benzene rings is 1. The highest BCUT2D eigenvalue weighted by atomic mass is 32.2. The second kappa shape index (κ2) is 4.78. The maximum Gasteiger partial charge on any atom is 0.150 e. The molecule has 1 aliphatic rings. The minimum absolute atomic E-state index is 0.241. The van der Waals surface area contributed by atoms with Crippen LogP contribution in [-0.4, -0.2) is 26.5 Å². The van der Waals surface area contributed by atoms with E-state index in [2.05, 4.69) is 0 Å². The van der Waals surface area contributed by atoms with E-state index < -0.39 is 9.84 Å². The van der Waals surface area contributed by atoms with Crippen LogP contribution in [0.25, 0.3) is 0 Å². The molecule has 1 unspecified atom stereocenters. The van der Waals surface area contributed by atoms with E-state index in [4.69, 9.17) is 5.73 Å². The largest absolute Gasteiger partial charge is 0.330 e. The summed E-state index contributed by atoms with van der Waals surface area (Å²) in [7, 11) is -2.90. The van der Waals surface area contributed by atoms with E-state index in [1.807, 2.05) is 30.3 Å². The van der Waals surface area contributed by atoms with Crippen molar-refractivity contribution < 1.29 is 8.42 Å². The van der Waals surface area contributed by atoms with Crippen molar-refractivity contribution in [3.05, 3.63) is 35.9 Å². The van der Waals surface area contributed by atoms with Crippen LogP contribution in [0.5, 0.6) is 0 Å². The molecular formula is C13H19NO2S. The van der Waals surface area contributed by atoms with Crippen molar-refractivity contribution >= 4 is 9.84 Å². The molecule has 2 N–H and O–H groups in total. The SMILES string of the molecule is NCC1(Cc2ccccc2)CCCS(=O)(=O)C1. The predicted molar refractivity (Wildman–Crippen MR) is 69.5 cm³/mol. The third-order valence-electron chi connectivity index (χ3n) is 3.54. The van der Waals surface area contributed by atoms with Crippen LogP contribution < -0.4 is 5.73 Å². The Kier molecular flexibility index (Phi) is 3.54. The quantitative estimate of drug-likeness (QED) is 0.885. The Morgan fingerprint density at radius 2 is 1.94 bits per heavy atom. The molecule has 0 aliphatic carbocycles. The summed E-state index contributed by atoms with van der Waals surface area (Å²) in [5.74, 6) is 0.564. The minimum Gasteiger partial charge on any atom is -0.330 e. The molecule has 1 heterocycles. The van der Waals surface area contributed by atoms with Crippen molar-refractivity contribution in [2.45, 2.75) is 19.3 Å². The Bertz CT molecular complexity index is 469. The molecule has 1 saturated heterocycles. The van der Waals surface area contributed by atoms with Gasteiger partial charge in [-0.05, 0) is 31.4 Å². The van der Waals surface area contributed by atoms with Gasteiger partial charge in [0.1, 0.15) is 0 Å². The van der Waals surface area contributed by atoms with Crippen LogP contribution in [0.15, 0.2) is 30.3 Å². The third-order valence-corrected chi connectivity index (χ3v) is 5.51. The highest BCUT2D eigenvalue weighted by molar-refractivity contribution is 7.91. The first-order valence-corrected chi connectivity index (χ1v) is 7.82. The van der Waals surface area contributed by atoms with Gasteiger partial charge in [0, 0.05) is 5.41 Å². The topological polar surface area (TPSA) is 60.2 Å². The van der Waals surface area contributed by atoms with E-state index in [0.29, 0.717) is 12.3 Å². The molecule has 17 heavy (non-hydrogen) atoms. The highest BCUT2D eigenvalue weighted by Gasteiger charge is 2.37. The zero-order chi connectivity index (χ0) is 12.4. The second-order valence-corrected chi connectivity index (χ2v) is 7.25. The molecule has 1 atom stereocenters. The second-order valence-electron chi connectivity index (χ2n) is 5.06. The molecule has 0 radical (unpaired) electrons. The Balaban J connectivity index is 2.20. The van der Waals surface area contributed by atoms with E-state index in [1.165, 1.54) is 5.56 Å². The molecule has 0 bridgehead atoms. The average molecular weight is 253 g/mol. The first kappa shape index (κ1) is 12.6. The molecule has 94 valence electrons. The summed E-state index contributed by atoms with van der Waals surface area (Å²) in [5.41, 5.74) is 6.77. The number of nitrogens with two attached hydrogens (primary N) is 1. The van der Waals surface area contributed by atoms with E-state index in [-0.39, 0.29) is 11.2 Å². The normalized spacial score (nSPS) is 27.8. The molecular weight excluding hydrogens is 234 g/mol. The first-order chi connectivity index (χ1) is 8.05. The Morgan fingerprint density at radius 1 is 1.24 bits per heavy atom. The molecule has 1 aliphatic heterocycles. The summed E-state index contributed by atoms with van der Waals surface area (Å²) in [6, 6.07) is 10.0. The van der Waals surface area contributed by atoms with E-state index >= 15 is 0 Å². The van der Waals surface area contributed by atoms with Crippen LogP contribution in [-0.2, 0) is 16.3 Å². The van der Waals surface area contributed by atoms with Gasteiger partial charge in [-0.15, -0.1) is 0 Å². The molecule has 0 saturated carbocycles. The third kappa shape index (κ3) is 3.07. The molecule has 2 rings (SSSR count). The maximum absolute atomic E-state index is 11.8. The minimum atomic E-state index is -2.90. The summed E-state index contributed by atoms with van der Waals surface area (Å²) >= 11 is 0. The van der Waals surface area contributed by atoms with Gasteiger partial charge in [0.25, 0.3) is 0 Å².